The number of anilines is 1. The first-order valence-corrected chi connectivity index (χ1v) is 4.96. The quantitative estimate of drug-likeness (QED) is 0.731. The standard InChI is InChI=1S/C11H18N2O/c1-9(2)5-6-14-8-10-3-4-11(12)13-7-10/h3-4,7,9H,5-6,8H2,1-2H3,(H2,12,13). The Morgan fingerprint density at radius 3 is 2.79 bits per heavy atom. The van der Waals surface area contributed by atoms with E-state index in [0.717, 1.165) is 18.6 Å². The van der Waals surface area contributed by atoms with Crippen molar-refractivity contribution in [2.45, 2.75) is 26.9 Å². The van der Waals surface area contributed by atoms with E-state index >= 15 is 0 Å². The second-order valence-electron chi connectivity index (χ2n) is 3.83. The summed E-state index contributed by atoms with van der Waals surface area (Å²) in [4.78, 5) is 3.99. The van der Waals surface area contributed by atoms with Gasteiger partial charge in [-0.25, -0.2) is 4.98 Å². The Labute approximate surface area is 85.3 Å². The van der Waals surface area contributed by atoms with Gasteiger partial charge in [0.15, 0.2) is 0 Å². The molecule has 0 atom stereocenters. The van der Waals surface area contributed by atoms with Crippen molar-refractivity contribution < 1.29 is 4.74 Å². The van der Waals surface area contributed by atoms with E-state index in [4.69, 9.17) is 10.5 Å². The first-order valence-electron chi connectivity index (χ1n) is 4.96. The fourth-order valence-corrected chi connectivity index (χ4v) is 1.03. The highest BCUT2D eigenvalue weighted by Gasteiger charge is 1.96. The second kappa shape index (κ2) is 5.60. The van der Waals surface area contributed by atoms with E-state index in [1.54, 1.807) is 12.3 Å². The summed E-state index contributed by atoms with van der Waals surface area (Å²) in [5.74, 6) is 1.25. The molecule has 3 heteroatoms. The molecule has 3 nitrogen and oxygen atoms in total. The summed E-state index contributed by atoms with van der Waals surface area (Å²) in [5.41, 5.74) is 6.54. The van der Waals surface area contributed by atoms with Crippen LogP contribution in [0, 0.1) is 5.92 Å². The average Bonchev–Trinajstić information content (AvgIpc) is 2.15. The maximum atomic E-state index is 5.49. The van der Waals surface area contributed by atoms with E-state index < -0.39 is 0 Å². The highest BCUT2D eigenvalue weighted by atomic mass is 16.5. The van der Waals surface area contributed by atoms with Crippen LogP contribution in [0.5, 0.6) is 0 Å². The van der Waals surface area contributed by atoms with Crippen LogP contribution in [-0.2, 0) is 11.3 Å². The number of nitrogens with zero attached hydrogens (tertiary/aromatic N) is 1. The molecule has 0 unspecified atom stereocenters. The topological polar surface area (TPSA) is 48.1 Å². The molecule has 0 bridgehead atoms. The summed E-state index contributed by atoms with van der Waals surface area (Å²) in [6.07, 6.45) is 2.85. The van der Waals surface area contributed by atoms with E-state index in [9.17, 15) is 0 Å². The molecule has 1 aromatic heterocycles. The van der Waals surface area contributed by atoms with Crippen LogP contribution in [0.3, 0.4) is 0 Å². The first kappa shape index (κ1) is 11.0. The summed E-state index contributed by atoms with van der Waals surface area (Å²) in [7, 11) is 0. The van der Waals surface area contributed by atoms with Crippen LogP contribution in [0.25, 0.3) is 0 Å². The molecule has 2 N–H and O–H groups in total. The van der Waals surface area contributed by atoms with Gasteiger partial charge in [0.25, 0.3) is 0 Å². The van der Waals surface area contributed by atoms with Gasteiger partial charge < -0.3 is 10.5 Å². The molecule has 1 heterocycles. The van der Waals surface area contributed by atoms with Crippen LogP contribution in [0.1, 0.15) is 25.8 Å². The van der Waals surface area contributed by atoms with Gasteiger partial charge in [-0.1, -0.05) is 19.9 Å². The maximum absolute atomic E-state index is 5.49. The molecule has 0 spiro atoms. The molecule has 0 aliphatic heterocycles. The third kappa shape index (κ3) is 4.23. The molecule has 0 aliphatic carbocycles. The molecule has 14 heavy (non-hydrogen) atoms. The molecule has 1 rings (SSSR count). The predicted octanol–water partition coefficient (Wildman–Crippen LogP) is 2.23. The predicted molar refractivity (Wildman–Crippen MR) is 57.8 cm³/mol. The van der Waals surface area contributed by atoms with Gasteiger partial charge in [0.1, 0.15) is 5.82 Å². The number of nitrogen functional groups attached to an aromatic ring is 1. The summed E-state index contributed by atoms with van der Waals surface area (Å²) in [5, 5.41) is 0. The minimum atomic E-state index is 0.552. The summed E-state index contributed by atoms with van der Waals surface area (Å²) >= 11 is 0. The van der Waals surface area contributed by atoms with Crippen molar-refractivity contribution in [1.82, 2.24) is 4.98 Å². The zero-order valence-corrected chi connectivity index (χ0v) is 8.86. The van der Waals surface area contributed by atoms with Crippen molar-refractivity contribution in [3.8, 4) is 0 Å². The number of nitrogens with two attached hydrogens (primary N) is 1. The molecule has 1 aromatic rings. The van der Waals surface area contributed by atoms with E-state index in [1.165, 1.54) is 0 Å². The fourth-order valence-electron chi connectivity index (χ4n) is 1.03. The van der Waals surface area contributed by atoms with Crippen LogP contribution in [0.4, 0.5) is 5.82 Å². The van der Waals surface area contributed by atoms with Crippen LogP contribution < -0.4 is 5.73 Å². The van der Waals surface area contributed by atoms with Crippen LogP contribution in [0.2, 0.25) is 0 Å². The normalized spacial score (nSPS) is 10.8. The van der Waals surface area contributed by atoms with E-state index in [1.807, 2.05) is 6.07 Å². The molecule has 0 saturated heterocycles. The lowest BCUT2D eigenvalue weighted by molar-refractivity contribution is 0.110. The van der Waals surface area contributed by atoms with Gasteiger partial charge in [0, 0.05) is 12.8 Å². The van der Waals surface area contributed by atoms with Gasteiger partial charge in [-0.3, -0.25) is 0 Å². The third-order valence-corrected chi connectivity index (χ3v) is 1.96. The zero-order valence-electron chi connectivity index (χ0n) is 8.86. The molecular weight excluding hydrogens is 176 g/mol. The number of pyridine rings is 1. The van der Waals surface area contributed by atoms with Gasteiger partial charge in [-0.2, -0.15) is 0 Å². The SMILES string of the molecule is CC(C)CCOCc1ccc(N)nc1. The Bertz CT molecular complexity index is 256. The Balaban J connectivity index is 2.21. The van der Waals surface area contributed by atoms with E-state index in [2.05, 4.69) is 18.8 Å². The number of hydrogen-bond acceptors (Lipinski definition) is 3. The summed E-state index contributed by atoms with van der Waals surface area (Å²) in [6, 6.07) is 3.73. The first-order chi connectivity index (χ1) is 6.68. The van der Waals surface area contributed by atoms with Gasteiger partial charge in [0.2, 0.25) is 0 Å². The fraction of sp³-hybridized carbons (Fsp3) is 0.545. The number of rotatable bonds is 5. The van der Waals surface area contributed by atoms with Crippen LogP contribution in [-0.4, -0.2) is 11.6 Å². The number of hydrogen-bond donors (Lipinski definition) is 1. The third-order valence-electron chi connectivity index (χ3n) is 1.96. The smallest absolute Gasteiger partial charge is 0.123 e. The Morgan fingerprint density at radius 1 is 1.43 bits per heavy atom. The Hall–Kier alpha value is -1.09. The monoisotopic (exact) mass is 194 g/mol. The molecule has 0 fully saturated rings. The van der Waals surface area contributed by atoms with Gasteiger partial charge in [-0.15, -0.1) is 0 Å². The number of aromatic nitrogens is 1. The maximum Gasteiger partial charge on any atom is 0.123 e. The van der Waals surface area contributed by atoms with Crippen molar-refractivity contribution in [3.63, 3.8) is 0 Å². The van der Waals surface area contributed by atoms with E-state index in [0.29, 0.717) is 18.3 Å². The highest BCUT2D eigenvalue weighted by Crippen LogP contribution is 2.04. The minimum Gasteiger partial charge on any atom is -0.384 e. The molecule has 0 radical (unpaired) electrons. The zero-order chi connectivity index (χ0) is 10.4. The van der Waals surface area contributed by atoms with E-state index in [-0.39, 0.29) is 0 Å². The molecule has 0 aliphatic rings. The molecular formula is C11H18N2O. The Kier molecular flexibility index (Phi) is 4.40. The van der Waals surface area contributed by atoms with Crippen LogP contribution in [0.15, 0.2) is 18.3 Å². The largest absolute Gasteiger partial charge is 0.384 e. The summed E-state index contributed by atoms with van der Waals surface area (Å²) < 4.78 is 5.49. The van der Waals surface area contributed by atoms with Crippen LogP contribution >= 0.6 is 0 Å². The summed E-state index contributed by atoms with van der Waals surface area (Å²) in [6.45, 7) is 5.81. The minimum absolute atomic E-state index is 0.552. The van der Waals surface area contributed by atoms with Crippen molar-refractivity contribution in [1.29, 1.82) is 0 Å². The molecule has 0 saturated carbocycles. The van der Waals surface area contributed by atoms with Gasteiger partial charge in [0.05, 0.1) is 6.61 Å². The highest BCUT2D eigenvalue weighted by molar-refractivity contribution is 5.28. The molecule has 0 aromatic carbocycles. The Morgan fingerprint density at radius 2 is 2.21 bits per heavy atom. The van der Waals surface area contributed by atoms with Crippen molar-refractivity contribution in [2.75, 3.05) is 12.3 Å². The molecule has 78 valence electrons. The lowest BCUT2D eigenvalue weighted by atomic mass is 10.1. The second-order valence-corrected chi connectivity index (χ2v) is 3.83. The van der Waals surface area contributed by atoms with Gasteiger partial charge in [-0.05, 0) is 24.0 Å². The number of ether oxygens (including phenoxy) is 1. The van der Waals surface area contributed by atoms with Gasteiger partial charge >= 0.3 is 0 Å². The lowest BCUT2D eigenvalue weighted by Gasteiger charge is -2.06. The average molecular weight is 194 g/mol. The van der Waals surface area contributed by atoms with Crippen molar-refractivity contribution in [3.05, 3.63) is 23.9 Å². The van der Waals surface area contributed by atoms with Crippen molar-refractivity contribution in [2.24, 2.45) is 5.92 Å². The molecule has 0 amide bonds. The van der Waals surface area contributed by atoms with Crippen molar-refractivity contribution >= 4 is 5.82 Å². The lowest BCUT2D eigenvalue weighted by Crippen LogP contribution is -2.00.